The molecule has 0 saturated heterocycles. The van der Waals surface area contributed by atoms with E-state index in [1.54, 1.807) is 0 Å². The lowest BCUT2D eigenvalue weighted by Crippen LogP contribution is -2.31. The molecule has 0 amide bonds. The molecule has 0 aliphatic heterocycles. The molecular formula is C9H14N2O3S. The molecule has 0 saturated carbocycles. The number of anilines is 1. The van der Waals surface area contributed by atoms with Crippen LogP contribution in [0.5, 0.6) is 5.75 Å². The molecule has 0 atom stereocenters. The second-order valence-corrected chi connectivity index (χ2v) is 5.21. The number of sulfonamides is 1. The van der Waals surface area contributed by atoms with E-state index in [0.29, 0.717) is 5.69 Å². The Labute approximate surface area is 89.2 Å². The Kier molecular flexibility index (Phi) is 3.54. The minimum absolute atomic E-state index is 0.0881. The Morgan fingerprint density at radius 2 is 1.87 bits per heavy atom. The van der Waals surface area contributed by atoms with Gasteiger partial charge in [0.05, 0.1) is 11.4 Å². The predicted molar refractivity (Wildman–Crippen MR) is 59.4 cm³/mol. The van der Waals surface area contributed by atoms with Gasteiger partial charge in [0.1, 0.15) is 5.75 Å². The van der Waals surface area contributed by atoms with Crippen LogP contribution in [0.3, 0.4) is 0 Å². The first kappa shape index (κ1) is 11.8. The standard InChI is InChI=1S/C9H14N2O3S/c1-11(15(13,14)7-6-10)8-2-4-9(12)5-3-8/h2-5,12H,6-7,10H2,1H3. The zero-order chi connectivity index (χ0) is 11.5. The van der Waals surface area contributed by atoms with Gasteiger partial charge in [0, 0.05) is 13.6 Å². The zero-order valence-electron chi connectivity index (χ0n) is 8.42. The molecule has 15 heavy (non-hydrogen) atoms. The number of benzene rings is 1. The van der Waals surface area contributed by atoms with E-state index in [9.17, 15) is 8.42 Å². The van der Waals surface area contributed by atoms with E-state index in [-0.39, 0.29) is 18.0 Å². The van der Waals surface area contributed by atoms with Gasteiger partial charge in [0.15, 0.2) is 0 Å². The van der Waals surface area contributed by atoms with Crippen LogP contribution < -0.4 is 10.0 Å². The van der Waals surface area contributed by atoms with Gasteiger partial charge in [-0.1, -0.05) is 0 Å². The third-order valence-electron chi connectivity index (χ3n) is 2.01. The van der Waals surface area contributed by atoms with Crippen molar-refractivity contribution in [1.82, 2.24) is 0 Å². The Morgan fingerprint density at radius 3 is 2.33 bits per heavy atom. The first-order valence-corrected chi connectivity index (χ1v) is 6.04. The van der Waals surface area contributed by atoms with Crippen LogP contribution in [-0.2, 0) is 10.0 Å². The van der Waals surface area contributed by atoms with Gasteiger partial charge in [-0.15, -0.1) is 0 Å². The van der Waals surface area contributed by atoms with Gasteiger partial charge in [-0.2, -0.15) is 0 Å². The van der Waals surface area contributed by atoms with E-state index in [4.69, 9.17) is 10.8 Å². The van der Waals surface area contributed by atoms with Crippen LogP contribution in [0.15, 0.2) is 24.3 Å². The highest BCUT2D eigenvalue weighted by molar-refractivity contribution is 7.92. The summed E-state index contributed by atoms with van der Waals surface area (Å²) in [7, 11) is -1.89. The monoisotopic (exact) mass is 230 g/mol. The SMILES string of the molecule is CN(c1ccc(O)cc1)S(=O)(=O)CCN. The van der Waals surface area contributed by atoms with Gasteiger partial charge in [0.25, 0.3) is 0 Å². The molecule has 0 unspecified atom stereocenters. The van der Waals surface area contributed by atoms with Crippen LogP contribution in [0.25, 0.3) is 0 Å². The minimum Gasteiger partial charge on any atom is -0.508 e. The molecule has 0 heterocycles. The normalized spacial score (nSPS) is 11.3. The summed E-state index contributed by atoms with van der Waals surface area (Å²) in [5.41, 5.74) is 5.71. The molecule has 84 valence electrons. The van der Waals surface area contributed by atoms with Crippen molar-refractivity contribution < 1.29 is 13.5 Å². The van der Waals surface area contributed by atoms with Crippen LogP contribution in [0.4, 0.5) is 5.69 Å². The van der Waals surface area contributed by atoms with Crippen LogP contribution in [-0.4, -0.2) is 32.9 Å². The second kappa shape index (κ2) is 4.50. The molecule has 0 aliphatic carbocycles. The van der Waals surface area contributed by atoms with E-state index in [2.05, 4.69) is 0 Å². The number of nitrogens with two attached hydrogens (primary N) is 1. The third kappa shape index (κ3) is 2.84. The van der Waals surface area contributed by atoms with Gasteiger partial charge in [0.2, 0.25) is 10.0 Å². The van der Waals surface area contributed by atoms with Crippen molar-refractivity contribution in [3.8, 4) is 5.75 Å². The van der Waals surface area contributed by atoms with Gasteiger partial charge in [-0.05, 0) is 24.3 Å². The molecule has 0 radical (unpaired) electrons. The topological polar surface area (TPSA) is 83.6 Å². The number of phenols is 1. The fraction of sp³-hybridized carbons (Fsp3) is 0.333. The lowest BCUT2D eigenvalue weighted by Gasteiger charge is -2.18. The molecule has 1 rings (SSSR count). The van der Waals surface area contributed by atoms with Gasteiger partial charge in [-0.3, -0.25) is 4.31 Å². The lowest BCUT2D eigenvalue weighted by molar-refractivity contribution is 0.475. The summed E-state index contributed by atoms with van der Waals surface area (Å²) in [5, 5.41) is 9.06. The van der Waals surface area contributed by atoms with Crippen molar-refractivity contribution in [2.75, 3.05) is 23.7 Å². The highest BCUT2D eigenvalue weighted by Crippen LogP contribution is 2.19. The second-order valence-electron chi connectivity index (χ2n) is 3.09. The molecule has 0 aromatic heterocycles. The fourth-order valence-corrected chi connectivity index (χ4v) is 2.12. The molecule has 0 aliphatic rings. The fourth-order valence-electron chi connectivity index (χ4n) is 1.11. The molecule has 1 aromatic rings. The van der Waals surface area contributed by atoms with E-state index in [1.165, 1.54) is 31.3 Å². The van der Waals surface area contributed by atoms with Crippen LogP contribution in [0.2, 0.25) is 0 Å². The van der Waals surface area contributed by atoms with E-state index in [1.807, 2.05) is 0 Å². The average molecular weight is 230 g/mol. The number of nitrogens with zero attached hydrogens (tertiary/aromatic N) is 1. The van der Waals surface area contributed by atoms with Crippen molar-refractivity contribution in [1.29, 1.82) is 0 Å². The smallest absolute Gasteiger partial charge is 0.236 e. The summed E-state index contributed by atoms with van der Waals surface area (Å²) < 4.78 is 24.4. The number of hydrogen-bond acceptors (Lipinski definition) is 4. The van der Waals surface area contributed by atoms with E-state index in [0.717, 1.165) is 4.31 Å². The van der Waals surface area contributed by atoms with Crippen molar-refractivity contribution in [3.05, 3.63) is 24.3 Å². The maximum Gasteiger partial charge on any atom is 0.236 e. The first-order valence-electron chi connectivity index (χ1n) is 4.43. The van der Waals surface area contributed by atoms with E-state index < -0.39 is 10.0 Å². The maximum absolute atomic E-state index is 11.6. The summed E-state index contributed by atoms with van der Waals surface area (Å²) >= 11 is 0. The molecule has 0 fully saturated rings. The Balaban J connectivity index is 2.94. The number of rotatable bonds is 4. The summed E-state index contributed by atoms with van der Waals surface area (Å²) in [6, 6.07) is 5.93. The Hall–Kier alpha value is -1.27. The molecule has 6 heteroatoms. The first-order chi connectivity index (χ1) is 6.97. The molecule has 5 nitrogen and oxygen atoms in total. The zero-order valence-corrected chi connectivity index (χ0v) is 9.24. The summed E-state index contributed by atoms with van der Waals surface area (Å²) in [4.78, 5) is 0. The number of aromatic hydroxyl groups is 1. The van der Waals surface area contributed by atoms with Crippen LogP contribution in [0.1, 0.15) is 0 Å². The Morgan fingerprint density at radius 1 is 1.33 bits per heavy atom. The van der Waals surface area contributed by atoms with Gasteiger partial charge < -0.3 is 10.8 Å². The van der Waals surface area contributed by atoms with E-state index >= 15 is 0 Å². The molecule has 3 N–H and O–H groups in total. The summed E-state index contributed by atoms with van der Waals surface area (Å²) in [6.45, 7) is 0.0881. The van der Waals surface area contributed by atoms with Gasteiger partial charge >= 0.3 is 0 Å². The van der Waals surface area contributed by atoms with Crippen LogP contribution in [0, 0.1) is 0 Å². The third-order valence-corrected chi connectivity index (χ3v) is 3.80. The van der Waals surface area contributed by atoms with Crippen LogP contribution >= 0.6 is 0 Å². The van der Waals surface area contributed by atoms with Crippen molar-refractivity contribution >= 4 is 15.7 Å². The average Bonchev–Trinajstić information content (AvgIpc) is 2.18. The van der Waals surface area contributed by atoms with Gasteiger partial charge in [-0.25, -0.2) is 8.42 Å². The number of hydrogen-bond donors (Lipinski definition) is 2. The van der Waals surface area contributed by atoms with Crippen molar-refractivity contribution in [3.63, 3.8) is 0 Å². The highest BCUT2D eigenvalue weighted by Gasteiger charge is 2.16. The highest BCUT2D eigenvalue weighted by atomic mass is 32.2. The minimum atomic E-state index is -3.35. The molecule has 0 spiro atoms. The largest absolute Gasteiger partial charge is 0.508 e. The van der Waals surface area contributed by atoms with Crippen molar-refractivity contribution in [2.45, 2.75) is 0 Å². The van der Waals surface area contributed by atoms with Crippen molar-refractivity contribution in [2.24, 2.45) is 5.73 Å². The Bertz CT molecular complexity index is 413. The quantitative estimate of drug-likeness (QED) is 0.769. The predicted octanol–water partition coefficient (Wildman–Crippen LogP) is 0.117. The molecular weight excluding hydrogens is 216 g/mol. The number of phenolic OH excluding ortho intramolecular Hbond substituents is 1. The summed E-state index contributed by atoms with van der Waals surface area (Å²) in [6.07, 6.45) is 0. The maximum atomic E-state index is 11.6. The molecule has 0 bridgehead atoms. The lowest BCUT2D eigenvalue weighted by atomic mass is 10.3. The summed E-state index contributed by atoms with van der Waals surface area (Å²) in [5.74, 6) is 0.00746. The molecule has 1 aromatic carbocycles.